The van der Waals surface area contributed by atoms with Crippen molar-refractivity contribution < 1.29 is 9.59 Å². The van der Waals surface area contributed by atoms with Gasteiger partial charge in [-0.3, -0.25) is 9.59 Å². The van der Waals surface area contributed by atoms with Gasteiger partial charge in [0.15, 0.2) is 0 Å². The van der Waals surface area contributed by atoms with Gasteiger partial charge in [-0.25, -0.2) is 0 Å². The number of hydrogen-bond donors (Lipinski definition) is 1. The van der Waals surface area contributed by atoms with E-state index in [1.165, 1.54) is 0 Å². The lowest BCUT2D eigenvalue weighted by Crippen LogP contribution is -2.36. The molecule has 114 valence electrons. The number of benzene rings is 1. The van der Waals surface area contributed by atoms with Gasteiger partial charge in [-0.2, -0.15) is 0 Å². The normalized spacial score (nSPS) is 18.1. The Kier molecular flexibility index (Phi) is 3.71. The highest BCUT2D eigenvalue weighted by molar-refractivity contribution is 6.00. The average molecular weight is 297 g/mol. The second-order valence-electron chi connectivity index (χ2n) is 5.69. The standard InChI is InChI=1S/C17H19N3O2/c1-12-16(21)19(2)11-20(12)17(22)15-10-18-9-14(15)8-13-6-4-3-5-7-13/h3-7,9-10,12,18H,8,11H2,1-2H3. The highest BCUT2D eigenvalue weighted by Crippen LogP contribution is 2.20. The van der Waals surface area contributed by atoms with Crippen molar-refractivity contribution in [1.82, 2.24) is 14.8 Å². The zero-order valence-electron chi connectivity index (χ0n) is 12.7. The van der Waals surface area contributed by atoms with Crippen LogP contribution in [-0.2, 0) is 11.2 Å². The summed E-state index contributed by atoms with van der Waals surface area (Å²) in [5.41, 5.74) is 2.74. The fourth-order valence-electron chi connectivity index (χ4n) is 2.82. The molecule has 1 N–H and O–H groups in total. The fraction of sp³-hybridized carbons (Fsp3) is 0.294. The summed E-state index contributed by atoms with van der Waals surface area (Å²) in [6, 6.07) is 9.62. The van der Waals surface area contributed by atoms with Crippen LogP contribution in [0.5, 0.6) is 0 Å². The summed E-state index contributed by atoms with van der Waals surface area (Å²) >= 11 is 0. The van der Waals surface area contributed by atoms with Gasteiger partial charge in [0.1, 0.15) is 6.04 Å². The van der Waals surface area contributed by atoms with Gasteiger partial charge in [0.05, 0.1) is 12.2 Å². The molecule has 0 radical (unpaired) electrons. The second kappa shape index (κ2) is 5.67. The van der Waals surface area contributed by atoms with E-state index in [1.807, 2.05) is 36.5 Å². The van der Waals surface area contributed by atoms with Crippen LogP contribution in [0.4, 0.5) is 0 Å². The maximum atomic E-state index is 12.7. The molecule has 1 aromatic heterocycles. The molecule has 0 bridgehead atoms. The summed E-state index contributed by atoms with van der Waals surface area (Å²) < 4.78 is 0. The number of carbonyl (C=O) groups excluding carboxylic acids is 2. The topological polar surface area (TPSA) is 56.4 Å². The minimum atomic E-state index is -0.406. The Morgan fingerprint density at radius 3 is 2.64 bits per heavy atom. The monoisotopic (exact) mass is 297 g/mol. The maximum Gasteiger partial charge on any atom is 0.257 e. The van der Waals surface area contributed by atoms with Crippen LogP contribution in [-0.4, -0.2) is 46.4 Å². The summed E-state index contributed by atoms with van der Waals surface area (Å²) in [5.74, 6) is -0.120. The molecular formula is C17H19N3O2. The molecule has 1 saturated heterocycles. The molecule has 1 fully saturated rings. The molecule has 3 rings (SSSR count). The van der Waals surface area contributed by atoms with Crippen molar-refractivity contribution in [3.63, 3.8) is 0 Å². The Labute approximate surface area is 129 Å². The molecule has 0 spiro atoms. The van der Waals surface area contributed by atoms with Gasteiger partial charge in [-0.1, -0.05) is 30.3 Å². The van der Waals surface area contributed by atoms with Crippen LogP contribution in [0.25, 0.3) is 0 Å². The second-order valence-corrected chi connectivity index (χ2v) is 5.69. The van der Waals surface area contributed by atoms with Crippen LogP contribution in [0, 0.1) is 0 Å². The van der Waals surface area contributed by atoms with Crippen LogP contribution in [0.3, 0.4) is 0 Å². The highest BCUT2D eigenvalue weighted by Gasteiger charge is 2.37. The van der Waals surface area contributed by atoms with E-state index in [4.69, 9.17) is 0 Å². The minimum absolute atomic E-state index is 0.0199. The fourth-order valence-corrected chi connectivity index (χ4v) is 2.82. The molecule has 22 heavy (non-hydrogen) atoms. The Morgan fingerprint density at radius 2 is 2.00 bits per heavy atom. The third-order valence-electron chi connectivity index (χ3n) is 4.13. The molecule has 1 atom stereocenters. The summed E-state index contributed by atoms with van der Waals surface area (Å²) in [5, 5.41) is 0. The third-order valence-corrected chi connectivity index (χ3v) is 4.13. The first-order valence-electron chi connectivity index (χ1n) is 7.33. The van der Waals surface area contributed by atoms with E-state index in [2.05, 4.69) is 4.98 Å². The molecule has 0 saturated carbocycles. The van der Waals surface area contributed by atoms with E-state index in [1.54, 1.807) is 30.0 Å². The van der Waals surface area contributed by atoms with Crippen LogP contribution in [0.15, 0.2) is 42.7 Å². The Bertz CT molecular complexity index is 693. The molecule has 2 aromatic rings. The zero-order valence-corrected chi connectivity index (χ0v) is 12.7. The number of H-pyrrole nitrogens is 1. The molecule has 1 aromatic carbocycles. The van der Waals surface area contributed by atoms with Crippen LogP contribution in [0.1, 0.15) is 28.4 Å². The predicted molar refractivity (Wildman–Crippen MR) is 83.3 cm³/mol. The zero-order chi connectivity index (χ0) is 15.7. The number of hydrogen-bond acceptors (Lipinski definition) is 2. The van der Waals surface area contributed by atoms with Gasteiger partial charge in [0.2, 0.25) is 5.91 Å². The van der Waals surface area contributed by atoms with E-state index in [0.29, 0.717) is 18.7 Å². The Balaban J connectivity index is 1.83. The molecule has 1 aliphatic rings. The van der Waals surface area contributed by atoms with E-state index in [9.17, 15) is 9.59 Å². The molecule has 0 aliphatic carbocycles. The van der Waals surface area contributed by atoms with Gasteiger partial charge in [0.25, 0.3) is 5.91 Å². The maximum absolute atomic E-state index is 12.7. The number of nitrogens with zero attached hydrogens (tertiary/aromatic N) is 2. The van der Waals surface area contributed by atoms with Gasteiger partial charge >= 0.3 is 0 Å². The van der Waals surface area contributed by atoms with Crippen molar-refractivity contribution in [1.29, 1.82) is 0 Å². The quantitative estimate of drug-likeness (QED) is 0.940. The van der Waals surface area contributed by atoms with Crippen LogP contribution < -0.4 is 0 Å². The summed E-state index contributed by atoms with van der Waals surface area (Å²) in [4.78, 5) is 30.8. The number of rotatable bonds is 3. The SMILES string of the molecule is CC1C(=O)N(C)CN1C(=O)c1c[nH]cc1Cc1ccccc1. The minimum Gasteiger partial charge on any atom is -0.367 e. The first-order valence-corrected chi connectivity index (χ1v) is 7.33. The summed E-state index contributed by atoms with van der Waals surface area (Å²) in [6.07, 6.45) is 4.26. The van der Waals surface area contributed by atoms with Gasteiger partial charge < -0.3 is 14.8 Å². The van der Waals surface area contributed by atoms with Crippen molar-refractivity contribution in [2.24, 2.45) is 0 Å². The number of amides is 2. The summed E-state index contributed by atoms with van der Waals surface area (Å²) in [6.45, 7) is 2.11. The lowest BCUT2D eigenvalue weighted by atomic mass is 10.0. The molecule has 2 amide bonds. The lowest BCUT2D eigenvalue weighted by Gasteiger charge is -2.19. The van der Waals surface area contributed by atoms with Crippen LogP contribution >= 0.6 is 0 Å². The molecule has 1 unspecified atom stereocenters. The molecule has 2 heterocycles. The average Bonchev–Trinajstić information content (AvgIpc) is 3.08. The van der Waals surface area contributed by atoms with Crippen molar-refractivity contribution in [2.75, 3.05) is 13.7 Å². The predicted octanol–water partition coefficient (Wildman–Crippen LogP) is 1.87. The first kappa shape index (κ1) is 14.4. The number of carbonyl (C=O) groups is 2. The molecule has 1 aliphatic heterocycles. The van der Waals surface area contributed by atoms with Crippen molar-refractivity contribution in [3.05, 3.63) is 59.4 Å². The van der Waals surface area contributed by atoms with Crippen molar-refractivity contribution >= 4 is 11.8 Å². The Morgan fingerprint density at radius 1 is 1.27 bits per heavy atom. The van der Waals surface area contributed by atoms with Gasteiger partial charge in [-0.05, 0) is 24.5 Å². The van der Waals surface area contributed by atoms with Gasteiger partial charge in [-0.15, -0.1) is 0 Å². The van der Waals surface area contributed by atoms with E-state index < -0.39 is 6.04 Å². The molecule has 5 nitrogen and oxygen atoms in total. The smallest absolute Gasteiger partial charge is 0.257 e. The van der Waals surface area contributed by atoms with Crippen molar-refractivity contribution in [3.8, 4) is 0 Å². The van der Waals surface area contributed by atoms with Crippen molar-refractivity contribution in [2.45, 2.75) is 19.4 Å². The highest BCUT2D eigenvalue weighted by atomic mass is 16.2. The van der Waals surface area contributed by atoms with E-state index in [-0.39, 0.29) is 11.8 Å². The number of likely N-dealkylation sites (N-methyl/N-ethyl adjacent to an activating group) is 1. The molecular weight excluding hydrogens is 278 g/mol. The van der Waals surface area contributed by atoms with Crippen LogP contribution in [0.2, 0.25) is 0 Å². The van der Waals surface area contributed by atoms with E-state index >= 15 is 0 Å². The molecule has 5 heteroatoms. The van der Waals surface area contributed by atoms with Gasteiger partial charge in [0, 0.05) is 19.4 Å². The lowest BCUT2D eigenvalue weighted by molar-refractivity contribution is -0.127. The number of nitrogens with one attached hydrogen (secondary N) is 1. The number of aromatic amines is 1. The van der Waals surface area contributed by atoms with E-state index in [0.717, 1.165) is 11.1 Å². The number of aromatic nitrogens is 1. The first-order chi connectivity index (χ1) is 10.6. The summed E-state index contributed by atoms with van der Waals surface area (Å²) in [7, 11) is 1.72. The third kappa shape index (κ3) is 2.50. The Hall–Kier alpha value is -2.56. The largest absolute Gasteiger partial charge is 0.367 e.